The molecule has 1 N–H and O–H groups in total. The lowest BCUT2D eigenvalue weighted by Gasteiger charge is -2.10. The van der Waals surface area contributed by atoms with Crippen LogP contribution in [0.15, 0.2) is 47.4 Å². The Labute approximate surface area is 163 Å². The van der Waals surface area contributed by atoms with Crippen molar-refractivity contribution in [1.82, 2.24) is 20.4 Å². The first-order chi connectivity index (χ1) is 13.7. The van der Waals surface area contributed by atoms with Crippen LogP contribution >= 0.6 is 0 Å². The van der Waals surface area contributed by atoms with Gasteiger partial charge >= 0.3 is 0 Å². The topological polar surface area (TPSA) is 90.1 Å². The van der Waals surface area contributed by atoms with Crippen LogP contribution in [0, 0.1) is 6.92 Å². The van der Waals surface area contributed by atoms with Crippen molar-refractivity contribution in [1.29, 1.82) is 0 Å². The highest BCUT2D eigenvalue weighted by atomic mass is 16.5. The van der Waals surface area contributed by atoms with Crippen LogP contribution in [-0.4, -0.2) is 33.7 Å². The molecule has 1 aliphatic rings. The number of hydrogen-bond acceptors (Lipinski definition) is 6. The van der Waals surface area contributed by atoms with Crippen LogP contribution in [0.4, 0.5) is 0 Å². The fourth-order valence-electron chi connectivity index (χ4n) is 3.30. The third kappa shape index (κ3) is 4.26. The predicted molar refractivity (Wildman–Crippen MR) is 103 cm³/mol. The molecule has 0 aliphatic carbocycles. The van der Waals surface area contributed by atoms with Crippen molar-refractivity contribution in [3.63, 3.8) is 0 Å². The van der Waals surface area contributed by atoms with Gasteiger partial charge in [0.25, 0.3) is 0 Å². The second-order valence-corrected chi connectivity index (χ2v) is 6.93. The maximum absolute atomic E-state index is 12.0. The summed E-state index contributed by atoms with van der Waals surface area (Å²) in [5, 5.41) is 6.90. The van der Waals surface area contributed by atoms with E-state index in [1.807, 2.05) is 37.3 Å². The molecule has 28 heavy (non-hydrogen) atoms. The van der Waals surface area contributed by atoms with Crippen molar-refractivity contribution < 1.29 is 14.1 Å². The maximum Gasteiger partial charge on any atom is 0.222 e. The molecule has 1 atom stereocenters. The third-order valence-electron chi connectivity index (χ3n) is 4.76. The quantitative estimate of drug-likeness (QED) is 0.708. The summed E-state index contributed by atoms with van der Waals surface area (Å²) >= 11 is 0. The molecule has 1 amide bonds. The van der Waals surface area contributed by atoms with Gasteiger partial charge in [0, 0.05) is 31.0 Å². The van der Waals surface area contributed by atoms with Crippen molar-refractivity contribution in [2.45, 2.75) is 38.8 Å². The molecule has 3 aromatic rings. The maximum atomic E-state index is 12.0. The average molecular weight is 378 g/mol. The highest BCUT2D eigenvalue weighted by Crippen LogP contribution is 2.30. The van der Waals surface area contributed by atoms with Crippen molar-refractivity contribution in [3.8, 4) is 22.6 Å². The molecule has 0 radical (unpaired) electrons. The smallest absolute Gasteiger partial charge is 0.222 e. The Morgan fingerprint density at radius 3 is 2.86 bits per heavy atom. The molecule has 3 heterocycles. The van der Waals surface area contributed by atoms with Gasteiger partial charge in [0.05, 0.1) is 29.5 Å². The predicted octanol–water partition coefficient (Wildman–Crippen LogP) is 3.29. The van der Waals surface area contributed by atoms with Gasteiger partial charge in [0.1, 0.15) is 6.33 Å². The van der Waals surface area contributed by atoms with E-state index in [-0.39, 0.29) is 12.0 Å². The average Bonchev–Trinajstić information content (AvgIpc) is 3.38. The van der Waals surface area contributed by atoms with Gasteiger partial charge in [-0.05, 0) is 25.3 Å². The number of nitrogens with zero attached hydrogens (tertiary/aromatic N) is 3. The van der Waals surface area contributed by atoms with Gasteiger partial charge in [-0.3, -0.25) is 4.79 Å². The van der Waals surface area contributed by atoms with Gasteiger partial charge in [-0.25, -0.2) is 9.97 Å². The number of ether oxygens (including phenoxy) is 1. The molecule has 1 aliphatic heterocycles. The molecule has 0 unspecified atom stereocenters. The molecule has 0 bridgehead atoms. The highest BCUT2D eigenvalue weighted by molar-refractivity contribution is 5.78. The first-order valence-corrected chi connectivity index (χ1v) is 9.40. The van der Waals surface area contributed by atoms with Crippen molar-refractivity contribution in [3.05, 3.63) is 54.1 Å². The standard InChI is InChI=1S/C21H22N4O3/c1-14-9-19(28-25-14)18-12-22-13-24-21(18)16-6-4-15(5-7-16)11-23-20(26)10-17-3-2-8-27-17/h4-7,9,12-13,17H,2-3,8,10-11H2,1H3,(H,23,26)/t17-/m0/s1. The van der Waals surface area contributed by atoms with E-state index in [0.29, 0.717) is 18.7 Å². The van der Waals surface area contributed by atoms with Crippen molar-refractivity contribution >= 4 is 5.91 Å². The summed E-state index contributed by atoms with van der Waals surface area (Å²) in [6.07, 6.45) is 5.74. The van der Waals surface area contributed by atoms with Gasteiger partial charge in [0.2, 0.25) is 5.91 Å². The number of amides is 1. The van der Waals surface area contributed by atoms with Crippen molar-refractivity contribution in [2.75, 3.05) is 6.61 Å². The molecule has 7 nitrogen and oxygen atoms in total. The van der Waals surface area contributed by atoms with Crippen LogP contribution in [0.1, 0.15) is 30.5 Å². The highest BCUT2D eigenvalue weighted by Gasteiger charge is 2.19. The molecule has 0 spiro atoms. The number of nitrogens with one attached hydrogen (secondary N) is 1. The van der Waals surface area contributed by atoms with Gasteiger partial charge in [0.15, 0.2) is 5.76 Å². The molecular weight excluding hydrogens is 356 g/mol. The minimum Gasteiger partial charge on any atom is -0.378 e. The van der Waals surface area contributed by atoms with Gasteiger partial charge in [-0.15, -0.1) is 0 Å². The Morgan fingerprint density at radius 1 is 1.29 bits per heavy atom. The number of aryl methyl sites for hydroxylation is 1. The monoisotopic (exact) mass is 378 g/mol. The Balaban J connectivity index is 1.43. The van der Waals surface area contributed by atoms with Crippen molar-refractivity contribution in [2.24, 2.45) is 0 Å². The lowest BCUT2D eigenvalue weighted by Crippen LogP contribution is -2.26. The fraction of sp³-hybridized carbons (Fsp3) is 0.333. The molecule has 2 aromatic heterocycles. The normalized spacial score (nSPS) is 16.2. The summed E-state index contributed by atoms with van der Waals surface area (Å²) in [5.74, 6) is 0.660. The van der Waals surface area contributed by atoms with Crippen LogP contribution in [0.3, 0.4) is 0 Å². The van der Waals surface area contributed by atoms with E-state index >= 15 is 0 Å². The molecule has 1 fully saturated rings. The van der Waals surface area contributed by atoms with E-state index in [9.17, 15) is 4.79 Å². The molecule has 144 valence electrons. The van der Waals surface area contributed by atoms with Crippen LogP contribution in [-0.2, 0) is 16.1 Å². The summed E-state index contributed by atoms with van der Waals surface area (Å²) < 4.78 is 10.9. The van der Waals surface area contributed by atoms with Gasteiger partial charge < -0.3 is 14.6 Å². The summed E-state index contributed by atoms with van der Waals surface area (Å²) in [6, 6.07) is 9.80. The van der Waals surface area contributed by atoms with E-state index in [4.69, 9.17) is 9.26 Å². The molecule has 1 aromatic carbocycles. The summed E-state index contributed by atoms with van der Waals surface area (Å²) in [5.41, 5.74) is 4.34. The summed E-state index contributed by atoms with van der Waals surface area (Å²) in [7, 11) is 0. The first kappa shape index (κ1) is 18.3. The Hall–Kier alpha value is -3.06. The van der Waals surface area contributed by atoms with E-state index in [1.54, 1.807) is 6.20 Å². The molecule has 4 rings (SSSR count). The summed E-state index contributed by atoms with van der Waals surface area (Å²) in [4.78, 5) is 20.6. The van der Waals surface area contributed by atoms with Gasteiger partial charge in [-0.1, -0.05) is 29.4 Å². The second-order valence-electron chi connectivity index (χ2n) is 6.93. The molecule has 0 saturated carbocycles. The van der Waals surface area contributed by atoms with Crippen LogP contribution in [0.25, 0.3) is 22.6 Å². The zero-order chi connectivity index (χ0) is 19.3. The molecule has 1 saturated heterocycles. The van der Waals surface area contributed by atoms with Crippen LogP contribution in [0.2, 0.25) is 0 Å². The second kappa shape index (κ2) is 8.31. The number of aromatic nitrogens is 3. The SMILES string of the molecule is Cc1cc(-c2cncnc2-c2ccc(CNC(=O)C[C@@H]3CCCO3)cc2)on1. The first-order valence-electron chi connectivity index (χ1n) is 9.40. The fourth-order valence-corrected chi connectivity index (χ4v) is 3.30. The molecule has 7 heteroatoms. The Bertz CT molecular complexity index is 946. The minimum atomic E-state index is 0.0229. The summed E-state index contributed by atoms with van der Waals surface area (Å²) in [6.45, 7) is 3.13. The third-order valence-corrected chi connectivity index (χ3v) is 4.76. The lowest BCUT2D eigenvalue weighted by molar-refractivity contribution is -0.123. The zero-order valence-electron chi connectivity index (χ0n) is 15.7. The number of rotatable bonds is 6. The zero-order valence-corrected chi connectivity index (χ0v) is 15.7. The number of hydrogen-bond donors (Lipinski definition) is 1. The lowest BCUT2D eigenvalue weighted by atomic mass is 10.0. The van der Waals surface area contributed by atoms with Crippen LogP contribution < -0.4 is 5.32 Å². The van der Waals surface area contributed by atoms with E-state index < -0.39 is 0 Å². The van der Waals surface area contributed by atoms with Crippen LogP contribution in [0.5, 0.6) is 0 Å². The van der Waals surface area contributed by atoms with E-state index in [2.05, 4.69) is 20.4 Å². The number of carbonyl (C=O) groups excluding carboxylic acids is 1. The number of benzene rings is 1. The largest absolute Gasteiger partial charge is 0.378 e. The molecular formula is C21H22N4O3. The number of carbonyl (C=O) groups is 1. The Kier molecular flexibility index (Phi) is 5.43. The Morgan fingerprint density at radius 2 is 2.14 bits per heavy atom. The van der Waals surface area contributed by atoms with Gasteiger partial charge in [-0.2, -0.15) is 0 Å². The van der Waals surface area contributed by atoms with E-state index in [0.717, 1.165) is 47.5 Å². The minimum absolute atomic E-state index is 0.0229. The van der Waals surface area contributed by atoms with E-state index in [1.165, 1.54) is 6.33 Å².